The highest BCUT2D eigenvalue weighted by molar-refractivity contribution is 5.69. The standard InChI is InChI=1S/C13H25NO3/c1-5-13(6-2)10(8-11(13)17-7-3)14(4)9-12(15)16/h10-11H,5-9H2,1-4H3,(H,15,16)/t10-,11+/m1/s1. The molecule has 4 nitrogen and oxygen atoms in total. The number of hydrogen-bond donors (Lipinski definition) is 1. The zero-order valence-corrected chi connectivity index (χ0v) is 11.4. The van der Waals surface area contributed by atoms with Crippen molar-refractivity contribution in [1.29, 1.82) is 0 Å². The van der Waals surface area contributed by atoms with Gasteiger partial charge in [0.25, 0.3) is 0 Å². The van der Waals surface area contributed by atoms with E-state index in [1.54, 1.807) is 0 Å². The average molecular weight is 243 g/mol. The number of rotatable bonds is 7. The van der Waals surface area contributed by atoms with Crippen LogP contribution in [0.2, 0.25) is 0 Å². The summed E-state index contributed by atoms with van der Waals surface area (Å²) in [6.45, 7) is 7.23. The lowest BCUT2D eigenvalue weighted by Crippen LogP contribution is -2.64. The first-order chi connectivity index (χ1) is 8.01. The molecule has 0 unspecified atom stereocenters. The van der Waals surface area contributed by atoms with Gasteiger partial charge in [0.15, 0.2) is 0 Å². The molecule has 1 saturated carbocycles. The van der Waals surface area contributed by atoms with E-state index in [1.165, 1.54) is 0 Å². The smallest absolute Gasteiger partial charge is 0.317 e. The van der Waals surface area contributed by atoms with Crippen LogP contribution in [0, 0.1) is 5.41 Å². The number of hydrogen-bond acceptors (Lipinski definition) is 3. The topological polar surface area (TPSA) is 49.8 Å². The molecule has 1 aliphatic rings. The summed E-state index contributed by atoms with van der Waals surface area (Å²) < 4.78 is 5.79. The molecule has 0 amide bonds. The highest BCUT2D eigenvalue weighted by Gasteiger charge is 2.54. The van der Waals surface area contributed by atoms with Crippen LogP contribution in [0.15, 0.2) is 0 Å². The maximum Gasteiger partial charge on any atom is 0.317 e. The first-order valence-electron chi connectivity index (χ1n) is 6.55. The second kappa shape index (κ2) is 5.83. The predicted molar refractivity (Wildman–Crippen MR) is 67.1 cm³/mol. The van der Waals surface area contributed by atoms with E-state index in [-0.39, 0.29) is 12.0 Å². The molecule has 0 heterocycles. The molecular weight excluding hydrogens is 218 g/mol. The zero-order chi connectivity index (χ0) is 13.1. The van der Waals surface area contributed by atoms with E-state index < -0.39 is 5.97 Å². The Bertz CT molecular complexity index is 263. The fourth-order valence-electron chi connectivity index (χ4n) is 3.28. The van der Waals surface area contributed by atoms with E-state index in [1.807, 2.05) is 18.9 Å². The third-order valence-electron chi connectivity index (χ3n) is 4.34. The van der Waals surface area contributed by atoms with Crippen LogP contribution in [0.4, 0.5) is 0 Å². The summed E-state index contributed by atoms with van der Waals surface area (Å²) >= 11 is 0. The molecule has 1 N–H and O–H groups in total. The van der Waals surface area contributed by atoms with Gasteiger partial charge in [0.05, 0.1) is 12.6 Å². The summed E-state index contributed by atoms with van der Waals surface area (Å²) in [6, 6.07) is 0.338. The first-order valence-corrected chi connectivity index (χ1v) is 6.55. The molecule has 1 aliphatic carbocycles. The van der Waals surface area contributed by atoms with E-state index in [0.29, 0.717) is 12.1 Å². The average Bonchev–Trinajstić information content (AvgIpc) is 2.24. The van der Waals surface area contributed by atoms with Crippen LogP contribution < -0.4 is 0 Å². The number of carboxylic acid groups (broad SMARTS) is 1. The van der Waals surface area contributed by atoms with Crippen molar-refractivity contribution in [2.75, 3.05) is 20.2 Å². The Morgan fingerprint density at radius 2 is 2.00 bits per heavy atom. The van der Waals surface area contributed by atoms with Gasteiger partial charge in [-0.3, -0.25) is 9.69 Å². The van der Waals surface area contributed by atoms with Crippen molar-refractivity contribution in [2.24, 2.45) is 5.41 Å². The molecule has 0 aromatic rings. The molecule has 0 saturated heterocycles. The number of nitrogens with zero attached hydrogens (tertiary/aromatic N) is 1. The van der Waals surface area contributed by atoms with Crippen LogP contribution in [0.25, 0.3) is 0 Å². The fourth-order valence-corrected chi connectivity index (χ4v) is 3.28. The van der Waals surface area contributed by atoms with Gasteiger partial charge in [-0.1, -0.05) is 13.8 Å². The maximum absolute atomic E-state index is 10.8. The molecule has 2 atom stereocenters. The molecule has 0 spiro atoms. The highest BCUT2D eigenvalue weighted by atomic mass is 16.5. The van der Waals surface area contributed by atoms with E-state index in [2.05, 4.69) is 13.8 Å². The third kappa shape index (κ3) is 2.63. The van der Waals surface area contributed by atoms with Crippen molar-refractivity contribution in [1.82, 2.24) is 4.90 Å². The van der Waals surface area contributed by atoms with E-state index in [0.717, 1.165) is 25.9 Å². The summed E-state index contributed by atoms with van der Waals surface area (Å²) in [5.41, 5.74) is 0.139. The van der Waals surface area contributed by atoms with Gasteiger partial charge < -0.3 is 9.84 Å². The summed E-state index contributed by atoms with van der Waals surface area (Å²) in [5, 5.41) is 8.86. The van der Waals surface area contributed by atoms with Gasteiger partial charge in [0.1, 0.15) is 0 Å². The molecular formula is C13H25NO3. The van der Waals surface area contributed by atoms with Crippen molar-refractivity contribution in [3.63, 3.8) is 0 Å². The normalized spacial score (nSPS) is 26.9. The monoisotopic (exact) mass is 243 g/mol. The molecule has 0 bridgehead atoms. The molecule has 17 heavy (non-hydrogen) atoms. The van der Waals surface area contributed by atoms with Crippen LogP contribution in [-0.4, -0.2) is 48.3 Å². The molecule has 0 radical (unpaired) electrons. The van der Waals surface area contributed by atoms with Gasteiger partial charge in [-0.2, -0.15) is 0 Å². The van der Waals surface area contributed by atoms with Crippen LogP contribution in [0.3, 0.4) is 0 Å². The van der Waals surface area contributed by atoms with Gasteiger partial charge in [0.2, 0.25) is 0 Å². The number of ether oxygens (including phenoxy) is 1. The lowest BCUT2D eigenvalue weighted by atomic mass is 9.58. The van der Waals surface area contributed by atoms with E-state index >= 15 is 0 Å². The molecule has 0 aliphatic heterocycles. The predicted octanol–water partition coefficient (Wildman–Crippen LogP) is 1.99. The van der Waals surface area contributed by atoms with Crippen molar-refractivity contribution in [3.8, 4) is 0 Å². The van der Waals surface area contributed by atoms with E-state index in [9.17, 15) is 4.79 Å². The zero-order valence-electron chi connectivity index (χ0n) is 11.4. The minimum atomic E-state index is -0.756. The molecule has 0 aromatic heterocycles. The minimum Gasteiger partial charge on any atom is -0.480 e. The Morgan fingerprint density at radius 1 is 1.41 bits per heavy atom. The SMILES string of the molecule is CCO[C@H]1C[C@@H](N(C)CC(=O)O)C1(CC)CC. The fraction of sp³-hybridized carbons (Fsp3) is 0.923. The second-order valence-electron chi connectivity index (χ2n) is 4.94. The van der Waals surface area contributed by atoms with Crippen LogP contribution in [-0.2, 0) is 9.53 Å². The second-order valence-corrected chi connectivity index (χ2v) is 4.94. The van der Waals surface area contributed by atoms with Crippen molar-refractivity contribution < 1.29 is 14.6 Å². The van der Waals surface area contributed by atoms with E-state index in [4.69, 9.17) is 9.84 Å². The molecule has 1 fully saturated rings. The number of likely N-dealkylation sites (N-methyl/N-ethyl adjacent to an activating group) is 1. The Morgan fingerprint density at radius 3 is 2.41 bits per heavy atom. The Hall–Kier alpha value is -0.610. The van der Waals surface area contributed by atoms with Gasteiger partial charge >= 0.3 is 5.97 Å². The lowest BCUT2D eigenvalue weighted by molar-refractivity contribution is -0.172. The Kier molecular flexibility index (Phi) is 4.95. The van der Waals surface area contributed by atoms with Crippen molar-refractivity contribution in [3.05, 3.63) is 0 Å². The van der Waals surface area contributed by atoms with Gasteiger partial charge in [0, 0.05) is 18.1 Å². The minimum absolute atomic E-state index is 0.116. The maximum atomic E-state index is 10.8. The van der Waals surface area contributed by atoms with Crippen LogP contribution in [0.5, 0.6) is 0 Å². The summed E-state index contributed by atoms with van der Waals surface area (Å²) in [5.74, 6) is -0.756. The molecule has 100 valence electrons. The summed E-state index contributed by atoms with van der Waals surface area (Å²) in [6.07, 6.45) is 3.34. The van der Waals surface area contributed by atoms with Gasteiger partial charge in [-0.05, 0) is 33.2 Å². The Labute approximate surface area is 104 Å². The molecule has 4 heteroatoms. The highest BCUT2D eigenvalue weighted by Crippen LogP contribution is 2.50. The number of carbonyl (C=O) groups is 1. The summed E-state index contributed by atoms with van der Waals surface area (Å²) in [7, 11) is 1.90. The molecule has 1 rings (SSSR count). The first kappa shape index (κ1) is 14.5. The quantitative estimate of drug-likeness (QED) is 0.743. The van der Waals surface area contributed by atoms with Gasteiger partial charge in [-0.15, -0.1) is 0 Å². The Balaban J connectivity index is 2.71. The van der Waals surface area contributed by atoms with Crippen LogP contribution in [0.1, 0.15) is 40.0 Å². The number of carboxylic acids is 1. The molecule has 0 aromatic carbocycles. The third-order valence-corrected chi connectivity index (χ3v) is 4.34. The van der Waals surface area contributed by atoms with Crippen molar-refractivity contribution in [2.45, 2.75) is 52.2 Å². The largest absolute Gasteiger partial charge is 0.480 e. The number of aliphatic carboxylic acids is 1. The van der Waals surface area contributed by atoms with Crippen LogP contribution >= 0.6 is 0 Å². The van der Waals surface area contributed by atoms with Crippen molar-refractivity contribution >= 4 is 5.97 Å². The lowest BCUT2D eigenvalue weighted by Gasteiger charge is -2.58. The van der Waals surface area contributed by atoms with Gasteiger partial charge in [-0.25, -0.2) is 0 Å². The summed E-state index contributed by atoms with van der Waals surface area (Å²) in [4.78, 5) is 12.7.